The van der Waals surface area contributed by atoms with Crippen molar-refractivity contribution in [2.75, 3.05) is 24.4 Å². The second-order valence-electron chi connectivity index (χ2n) is 8.35. The number of amides is 2. The highest BCUT2D eigenvalue weighted by molar-refractivity contribution is 6.33. The number of hydrazone groups is 1. The molecule has 1 aliphatic rings. The van der Waals surface area contributed by atoms with Gasteiger partial charge in [0.1, 0.15) is 5.71 Å². The standard InChI is InChI=1S/C27H22N4O2.C2H7N/c1-19(32)28-27(29-21-13-4-2-5-14-21)25(24-18-10-12-20-11-8-9-17-23(20)24)30-31(26(27)33)22-15-6-3-7-16-22;1-3-2/h2-18,29H,1H3,(H,28,32);3H,1-2H3. The summed E-state index contributed by atoms with van der Waals surface area (Å²) in [4.78, 5) is 26.5. The number of hydrogen-bond acceptors (Lipinski definition) is 5. The average Bonchev–Trinajstić information content (AvgIpc) is 3.16. The van der Waals surface area contributed by atoms with Crippen molar-refractivity contribution in [3.05, 3.63) is 109 Å². The molecule has 7 heteroatoms. The number of carbonyl (C=O) groups excluding carboxylic acids is 2. The summed E-state index contributed by atoms with van der Waals surface area (Å²) in [5.74, 6) is -0.745. The number of rotatable bonds is 5. The second-order valence-corrected chi connectivity index (χ2v) is 8.35. The predicted molar refractivity (Wildman–Crippen MR) is 146 cm³/mol. The lowest BCUT2D eigenvalue weighted by Crippen LogP contribution is -2.64. The Kier molecular flexibility index (Phi) is 7.42. The van der Waals surface area contributed by atoms with Crippen LogP contribution in [0.4, 0.5) is 11.4 Å². The first-order chi connectivity index (χ1) is 17.5. The van der Waals surface area contributed by atoms with Crippen LogP contribution in [0.3, 0.4) is 0 Å². The van der Waals surface area contributed by atoms with Gasteiger partial charge in [-0.25, -0.2) is 0 Å². The van der Waals surface area contributed by atoms with Gasteiger partial charge in [-0.2, -0.15) is 10.1 Å². The highest BCUT2D eigenvalue weighted by Gasteiger charge is 2.53. The van der Waals surface area contributed by atoms with Crippen LogP contribution in [0, 0.1) is 0 Å². The van der Waals surface area contributed by atoms with E-state index < -0.39 is 11.6 Å². The molecule has 2 amide bonds. The Balaban J connectivity index is 0.000000967. The highest BCUT2D eigenvalue weighted by Crippen LogP contribution is 2.33. The van der Waals surface area contributed by atoms with E-state index in [0.29, 0.717) is 17.1 Å². The summed E-state index contributed by atoms with van der Waals surface area (Å²) in [5.41, 5.74) is 0.890. The first-order valence-electron chi connectivity index (χ1n) is 11.7. The summed E-state index contributed by atoms with van der Waals surface area (Å²) < 4.78 is 0. The first-order valence-corrected chi connectivity index (χ1v) is 11.7. The fourth-order valence-corrected chi connectivity index (χ4v) is 4.17. The van der Waals surface area contributed by atoms with Crippen LogP contribution in [0.2, 0.25) is 0 Å². The Morgan fingerprint density at radius 1 is 0.806 bits per heavy atom. The minimum Gasteiger partial charge on any atom is -0.350 e. The maximum absolute atomic E-state index is 14.0. The largest absolute Gasteiger partial charge is 0.350 e. The number of anilines is 2. The maximum atomic E-state index is 14.0. The van der Waals surface area contributed by atoms with Crippen LogP contribution in [-0.2, 0) is 9.59 Å². The van der Waals surface area contributed by atoms with Crippen molar-refractivity contribution < 1.29 is 9.59 Å². The predicted octanol–water partition coefficient (Wildman–Crippen LogP) is 4.37. The monoisotopic (exact) mass is 479 g/mol. The zero-order valence-electron chi connectivity index (χ0n) is 20.5. The lowest BCUT2D eigenvalue weighted by atomic mass is 9.92. The van der Waals surface area contributed by atoms with Gasteiger partial charge in [-0.1, -0.05) is 78.9 Å². The van der Waals surface area contributed by atoms with Crippen LogP contribution in [-0.4, -0.2) is 37.3 Å². The van der Waals surface area contributed by atoms with E-state index in [1.165, 1.54) is 11.9 Å². The lowest BCUT2D eigenvalue weighted by Gasteiger charge is -2.32. The SMILES string of the molecule is CC(=O)NC1(Nc2ccccc2)C(=O)N(c2ccccc2)N=C1c1cccc2ccccc12.CNC. The third kappa shape index (κ3) is 4.82. The maximum Gasteiger partial charge on any atom is 0.300 e. The van der Waals surface area contributed by atoms with Gasteiger partial charge in [0.25, 0.3) is 0 Å². The van der Waals surface area contributed by atoms with Gasteiger partial charge >= 0.3 is 5.91 Å². The number of hydrogen-bond donors (Lipinski definition) is 3. The molecule has 0 bridgehead atoms. The smallest absolute Gasteiger partial charge is 0.300 e. The molecule has 1 unspecified atom stereocenters. The van der Waals surface area contributed by atoms with E-state index >= 15 is 0 Å². The molecule has 0 saturated carbocycles. The van der Waals surface area contributed by atoms with E-state index in [9.17, 15) is 9.59 Å². The Bertz CT molecular complexity index is 1380. The molecule has 1 heterocycles. The van der Waals surface area contributed by atoms with Gasteiger partial charge in [0.2, 0.25) is 11.6 Å². The number of benzene rings is 4. The summed E-state index contributed by atoms with van der Waals surface area (Å²) in [6, 6.07) is 32.3. The molecule has 5 rings (SSSR count). The molecule has 0 fully saturated rings. The van der Waals surface area contributed by atoms with Crippen molar-refractivity contribution in [3.63, 3.8) is 0 Å². The third-order valence-electron chi connectivity index (χ3n) is 5.58. The molecule has 0 radical (unpaired) electrons. The molecule has 0 aliphatic carbocycles. The van der Waals surface area contributed by atoms with Gasteiger partial charge < -0.3 is 16.0 Å². The van der Waals surface area contributed by atoms with Crippen LogP contribution >= 0.6 is 0 Å². The van der Waals surface area contributed by atoms with Crippen molar-refractivity contribution in [2.24, 2.45) is 5.10 Å². The van der Waals surface area contributed by atoms with Crippen molar-refractivity contribution >= 4 is 39.7 Å². The molecule has 3 N–H and O–H groups in total. The lowest BCUT2D eigenvalue weighted by molar-refractivity contribution is -0.127. The second kappa shape index (κ2) is 10.8. The van der Waals surface area contributed by atoms with Gasteiger partial charge in [0, 0.05) is 18.2 Å². The highest BCUT2D eigenvalue weighted by atomic mass is 16.2. The molecule has 1 atom stereocenters. The topological polar surface area (TPSA) is 85.8 Å². The van der Waals surface area contributed by atoms with Crippen molar-refractivity contribution in [2.45, 2.75) is 12.6 Å². The summed E-state index contributed by atoms with van der Waals surface area (Å²) >= 11 is 0. The minimum absolute atomic E-state index is 0.352. The van der Waals surface area contributed by atoms with Crippen LogP contribution in [0.1, 0.15) is 12.5 Å². The normalized spacial score (nSPS) is 16.7. The van der Waals surface area contributed by atoms with Crippen molar-refractivity contribution in [3.8, 4) is 0 Å². The molecular formula is C29H29N5O2. The molecule has 0 spiro atoms. The summed E-state index contributed by atoms with van der Waals surface area (Å²) in [6.07, 6.45) is 0. The van der Waals surface area contributed by atoms with E-state index in [1.807, 2.05) is 117 Å². The Labute approximate surface area is 210 Å². The zero-order chi connectivity index (χ0) is 25.5. The van der Waals surface area contributed by atoms with E-state index in [0.717, 1.165) is 16.3 Å². The number of nitrogens with zero attached hydrogens (tertiary/aromatic N) is 2. The molecule has 0 saturated heterocycles. The number of nitrogens with one attached hydrogen (secondary N) is 3. The van der Waals surface area contributed by atoms with Crippen LogP contribution in [0.25, 0.3) is 10.8 Å². The Morgan fingerprint density at radius 2 is 1.39 bits per heavy atom. The first kappa shape index (κ1) is 24.6. The molecule has 1 aliphatic heterocycles. The molecule has 0 aromatic heterocycles. The van der Waals surface area contributed by atoms with Gasteiger partial charge in [0.15, 0.2) is 0 Å². The fourth-order valence-electron chi connectivity index (χ4n) is 4.17. The van der Waals surface area contributed by atoms with Crippen molar-refractivity contribution in [1.82, 2.24) is 10.6 Å². The van der Waals surface area contributed by atoms with Gasteiger partial charge in [-0.15, -0.1) is 0 Å². The molecule has 4 aromatic carbocycles. The summed E-state index contributed by atoms with van der Waals surface area (Å²) in [6.45, 7) is 1.40. The number of para-hydroxylation sites is 2. The van der Waals surface area contributed by atoms with E-state index in [1.54, 1.807) is 0 Å². The van der Waals surface area contributed by atoms with Gasteiger partial charge in [-0.05, 0) is 49.1 Å². The number of carbonyl (C=O) groups is 2. The van der Waals surface area contributed by atoms with Crippen LogP contribution in [0.5, 0.6) is 0 Å². The van der Waals surface area contributed by atoms with E-state index in [4.69, 9.17) is 5.10 Å². The Morgan fingerprint density at radius 3 is 2.06 bits per heavy atom. The average molecular weight is 480 g/mol. The number of fused-ring (bicyclic) bond motifs is 1. The Hall–Kier alpha value is -4.49. The van der Waals surface area contributed by atoms with E-state index in [2.05, 4.69) is 16.0 Å². The van der Waals surface area contributed by atoms with Gasteiger partial charge in [-0.3, -0.25) is 9.59 Å². The minimum atomic E-state index is -1.59. The quantitative estimate of drug-likeness (QED) is 0.371. The molecule has 36 heavy (non-hydrogen) atoms. The molecule has 182 valence electrons. The zero-order valence-corrected chi connectivity index (χ0v) is 20.5. The fraction of sp³-hybridized carbons (Fsp3) is 0.138. The molecule has 4 aromatic rings. The molecular weight excluding hydrogens is 450 g/mol. The summed E-state index contributed by atoms with van der Waals surface area (Å²) in [7, 11) is 3.75. The van der Waals surface area contributed by atoms with E-state index in [-0.39, 0.29) is 5.91 Å². The van der Waals surface area contributed by atoms with Crippen LogP contribution < -0.4 is 21.0 Å². The summed E-state index contributed by atoms with van der Waals surface area (Å²) in [5, 5.41) is 17.0. The van der Waals surface area contributed by atoms with Crippen molar-refractivity contribution in [1.29, 1.82) is 0 Å². The van der Waals surface area contributed by atoms with Gasteiger partial charge in [0.05, 0.1) is 5.69 Å². The third-order valence-corrected chi connectivity index (χ3v) is 5.58. The van der Waals surface area contributed by atoms with Crippen LogP contribution in [0.15, 0.2) is 108 Å². The molecule has 7 nitrogen and oxygen atoms in total.